The van der Waals surface area contributed by atoms with E-state index in [9.17, 15) is 0 Å². The van der Waals surface area contributed by atoms with Gasteiger partial charge in [-0.25, -0.2) is 9.97 Å². The summed E-state index contributed by atoms with van der Waals surface area (Å²) in [5.41, 5.74) is -0.0182. The molecule has 1 aliphatic heterocycles. The number of hydrogen-bond donors (Lipinski definition) is 0. The normalized spacial score (nSPS) is 20.4. The molecule has 1 aromatic heterocycles. The molecule has 4 heteroatoms. The third kappa shape index (κ3) is 3.47. The van der Waals surface area contributed by atoms with Gasteiger partial charge in [0.25, 0.3) is 0 Å². The minimum Gasteiger partial charge on any atom is -0.356 e. The molecule has 1 fully saturated rings. The summed E-state index contributed by atoms with van der Waals surface area (Å²) in [5, 5.41) is 0. The number of rotatable bonds is 2. The zero-order chi connectivity index (χ0) is 14.2. The van der Waals surface area contributed by atoms with Crippen LogP contribution in [-0.4, -0.2) is 23.1 Å². The number of halogens is 1. The Hall–Kier alpha value is -0.640. The third-order valence-electron chi connectivity index (χ3n) is 3.84. The Kier molecular flexibility index (Phi) is 4.19. The first-order valence-electron chi connectivity index (χ1n) is 7.07. The molecule has 1 aromatic rings. The summed E-state index contributed by atoms with van der Waals surface area (Å²) >= 11 is 3.52. The maximum absolute atomic E-state index is 4.77. The van der Waals surface area contributed by atoms with Crippen molar-refractivity contribution in [2.75, 3.05) is 18.0 Å². The fraction of sp³-hybridized carbons (Fsp3) is 0.733. The van der Waals surface area contributed by atoms with Crippen molar-refractivity contribution in [3.8, 4) is 0 Å². The van der Waals surface area contributed by atoms with Crippen molar-refractivity contribution in [2.45, 2.75) is 46.5 Å². The van der Waals surface area contributed by atoms with E-state index in [1.54, 1.807) is 0 Å². The molecule has 0 amide bonds. The summed E-state index contributed by atoms with van der Waals surface area (Å²) in [5.74, 6) is 3.50. The molecule has 106 valence electrons. The average Bonchev–Trinajstić information content (AvgIpc) is 2.76. The Morgan fingerprint density at radius 1 is 1.32 bits per heavy atom. The number of hydrogen-bond acceptors (Lipinski definition) is 3. The maximum atomic E-state index is 4.77. The quantitative estimate of drug-likeness (QED) is 0.769. The highest BCUT2D eigenvalue weighted by Crippen LogP contribution is 2.30. The lowest BCUT2D eigenvalue weighted by Crippen LogP contribution is -2.25. The van der Waals surface area contributed by atoms with Gasteiger partial charge < -0.3 is 4.90 Å². The molecule has 0 N–H and O–H groups in total. The van der Waals surface area contributed by atoms with Crippen LogP contribution in [0.4, 0.5) is 5.82 Å². The molecule has 0 radical (unpaired) electrons. The van der Waals surface area contributed by atoms with E-state index in [1.807, 2.05) is 6.07 Å². The Morgan fingerprint density at radius 3 is 2.53 bits per heavy atom. The standard InChI is InChI=1S/C15H24BrN3/c1-10(2)11-6-7-19(9-11)13-8-12(16)17-14(18-13)15(3,4)5/h8,10-11H,6-7,9H2,1-5H3. The smallest absolute Gasteiger partial charge is 0.137 e. The van der Waals surface area contributed by atoms with E-state index >= 15 is 0 Å². The molecular formula is C15H24BrN3. The minimum absolute atomic E-state index is 0.0182. The summed E-state index contributed by atoms with van der Waals surface area (Å²) < 4.78 is 0.885. The van der Waals surface area contributed by atoms with E-state index in [1.165, 1.54) is 6.42 Å². The van der Waals surface area contributed by atoms with Gasteiger partial charge in [-0.1, -0.05) is 34.6 Å². The zero-order valence-electron chi connectivity index (χ0n) is 12.6. The van der Waals surface area contributed by atoms with Gasteiger partial charge in [0, 0.05) is 24.6 Å². The second-order valence-corrected chi connectivity index (χ2v) is 7.67. The van der Waals surface area contributed by atoms with Gasteiger partial charge in [0.2, 0.25) is 0 Å². The molecule has 0 spiro atoms. The van der Waals surface area contributed by atoms with Crippen molar-refractivity contribution in [3.63, 3.8) is 0 Å². The van der Waals surface area contributed by atoms with Crippen molar-refractivity contribution in [1.29, 1.82) is 0 Å². The first kappa shape index (κ1) is 14.8. The molecule has 0 bridgehead atoms. The number of nitrogens with zero attached hydrogens (tertiary/aromatic N) is 3. The molecule has 1 aliphatic rings. The van der Waals surface area contributed by atoms with E-state index < -0.39 is 0 Å². The Balaban J connectivity index is 2.24. The molecule has 2 rings (SSSR count). The second kappa shape index (κ2) is 5.39. The lowest BCUT2D eigenvalue weighted by Gasteiger charge is -2.22. The highest BCUT2D eigenvalue weighted by molar-refractivity contribution is 9.10. The van der Waals surface area contributed by atoms with Crippen molar-refractivity contribution >= 4 is 21.7 Å². The van der Waals surface area contributed by atoms with Crippen molar-refractivity contribution in [3.05, 3.63) is 16.5 Å². The average molecular weight is 326 g/mol. The summed E-state index contributed by atoms with van der Waals surface area (Å²) in [6.45, 7) is 13.3. The molecule has 0 aliphatic carbocycles. The predicted molar refractivity (Wildman–Crippen MR) is 83.6 cm³/mol. The van der Waals surface area contributed by atoms with Gasteiger partial charge >= 0.3 is 0 Å². The topological polar surface area (TPSA) is 29.0 Å². The highest BCUT2D eigenvalue weighted by atomic mass is 79.9. The fourth-order valence-electron chi connectivity index (χ4n) is 2.44. The summed E-state index contributed by atoms with van der Waals surface area (Å²) in [6.07, 6.45) is 1.27. The van der Waals surface area contributed by atoms with E-state index in [0.29, 0.717) is 0 Å². The van der Waals surface area contributed by atoms with Crippen LogP contribution in [0.2, 0.25) is 0 Å². The lowest BCUT2D eigenvalue weighted by molar-refractivity contribution is 0.422. The van der Waals surface area contributed by atoms with E-state index in [0.717, 1.165) is 41.2 Å². The minimum atomic E-state index is -0.0182. The van der Waals surface area contributed by atoms with Crippen LogP contribution < -0.4 is 4.90 Å². The molecule has 3 nitrogen and oxygen atoms in total. The first-order chi connectivity index (χ1) is 8.77. The lowest BCUT2D eigenvalue weighted by atomic mass is 9.95. The predicted octanol–water partition coefficient (Wildman–Crippen LogP) is 4.02. The Labute approximate surface area is 125 Å². The van der Waals surface area contributed by atoms with E-state index in [-0.39, 0.29) is 5.41 Å². The summed E-state index contributed by atoms with van der Waals surface area (Å²) in [7, 11) is 0. The van der Waals surface area contributed by atoms with Crippen molar-refractivity contribution in [1.82, 2.24) is 9.97 Å². The molecule has 0 aromatic carbocycles. The Morgan fingerprint density at radius 2 is 2.00 bits per heavy atom. The van der Waals surface area contributed by atoms with Gasteiger partial charge in [-0.05, 0) is 34.2 Å². The largest absolute Gasteiger partial charge is 0.356 e. The van der Waals surface area contributed by atoms with E-state index in [4.69, 9.17) is 4.98 Å². The summed E-state index contributed by atoms with van der Waals surface area (Å²) in [6, 6.07) is 2.04. The second-order valence-electron chi connectivity index (χ2n) is 6.86. The molecule has 19 heavy (non-hydrogen) atoms. The number of anilines is 1. The first-order valence-corrected chi connectivity index (χ1v) is 7.86. The van der Waals surface area contributed by atoms with Crippen LogP contribution in [0.5, 0.6) is 0 Å². The van der Waals surface area contributed by atoms with Crippen LogP contribution in [0.25, 0.3) is 0 Å². The van der Waals surface area contributed by atoms with Crippen LogP contribution in [0.1, 0.15) is 46.9 Å². The van der Waals surface area contributed by atoms with Gasteiger partial charge in [0.05, 0.1) is 0 Å². The molecule has 1 saturated heterocycles. The molecule has 2 heterocycles. The maximum Gasteiger partial charge on any atom is 0.137 e. The SMILES string of the molecule is CC(C)C1CCN(c2cc(Br)nc(C(C)(C)C)n2)C1. The third-order valence-corrected chi connectivity index (χ3v) is 4.25. The van der Waals surface area contributed by atoms with Gasteiger partial charge in [-0.2, -0.15) is 0 Å². The molecule has 1 atom stereocenters. The molecular weight excluding hydrogens is 302 g/mol. The molecule has 0 saturated carbocycles. The zero-order valence-corrected chi connectivity index (χ0v) is 14.2. The van der Waals surface area contributed by atoms with Crippen LogP contribution in [-0.2, 0) is 5.41 Å². The highest BCUT2D eigenvalue weighted by Gasteiger charge is 2.27. The van der Waals surface area contributed by atoms with Gasteiger partial charge in [0.1, 0.15) is 16.2 Å². The van der Waals surface area contributed by atoms with Crippen LogP contribution in [0.3, 0.4) is 0 Å². The van der Waals surface area contributed by atoms with E-state index in [2.05, 4.69) is 60.4 Å². The monoisotopic (exact) mass is 325 g/mol. The van der Waals surface area contributed by atoms with Gasteiger partial charge in [0.15, 0.2) is 0 Å². The number of aromatic nitrogens is 2. The fourth-order valence-corrected chi connectivity index (χ4v) is 2.82. The van der Waals surface area contributed by atoms with Gasteiger partial charge in [-0.3, -0.25) is 0 Å². The van der Waals surface area contributed by atoms with Crippen molar-refractivity contribution in [2.24, 2.45) is 11.8 Å². The van der Waals surface area contributed by atoms with Crippen LogP contribution in [0.15, 0.2) is 10.7 Å². The molecule has 1 unspecified atom stereocenters. The van der Waals surface area contributed by atoms with Gasteiger partial charge in [-0.15, -0.1) is 0 Å². The summed E-state index contributed by atoms with van der Waals surface area (Å²) in [4.78, 5) is 11.7. The van der Waals surface area contributed by atoms with Crippen LogP contribution in [0, 0.1) is 11.8 Å². The Bertz CT molecular complexity index is 451. The van der Waals surface area contributed by atoms with Crippen LogP contribution >= 0.6 is 15.9 Å². The van der Waals surface area contributed by atoms with Crippen molar-refractivity contribution < 1.29 is 0 Å².